The second kappa shape index (κ2) is 4.84. The highest BCUT2D eigenvalue weighted by molar-refractivity contribution is 4.95. The van der Waals surface area contributed by atoms with E-state index in [0.717, 1.165) is 12.5 Å². The summed E-state index contributed by atoms with van der Waals surface area (Å²) in [6, 6.07) is 0. The Morgan fingerprint density at radius 1 is 1.20 bits per heavy atom. The Hall–Kier alpha value is -0.0800. The van der Waals surface area contributed by atoms with Crippen LogP contribution in [0.4, 0.5) is 0 Å². The first kappa shape index (κ1) is 11.4. The summed E-state index contributed by atoms with van der Waals surface area (Å²) in [5.74, 6) is 0.996. The van der Waals surface area contributed by atoms with Crippen molar-refractivity contribution in [3.63, 3.8) is 0 Å². The predicted molar refractivity (Wildman–Crippen MR) is 64.8 cm³/mol. The summed E-state index contributed by atoms with van der Waals surface area (Å²) < 4.78 is 0. The van der Waals surface area contributed by atoms with Gasteiger partial charge in [0.1, 0.15) is 0 Å². The van der Waals surface area contributed by atoms with Gasteiger partial charge in [-0.2, -0.15) is 0 Å². The minimum Gasteiger partial charge on any atom is -0.329 e. The standard InChI is InChI=1S/C13H26N2/c1-2-15(10-12-6-7-12)13(11-14)8-4-3-5-9-13/h12H,2-11,14H2,1H3. The molecule has 2 fully saturated rings. The highest BCUT2D eigenvalue weighted by Gasteiger charge is 2.38. The summed E-state index contributed by atoms with van der Waals surface area (Å²) in [7, 11) is 0. The van der Waals surface area contributed by atoms with Crippen molar-refractivity contribution in [3.8, 4) is 0 Å². The van der Waals surface area contributed by atoms with E-state index in [4.69, 9.17) is 5.73 Å². The topological polar surface area (TPSA) is 29.3 Å². The Bertz CT molecular complexity index is 193. The van der Waals surface area contributed by atoms with E-state index in [1.807, 2.05) is 0 Å². The lowest BCUT2D eigenvalue weighted by molar-refractivity contribution is 0.0575. The third kappa shape index (κ3) is 2.54. The lowest BCUT2D eigenvalue weighted by atomic mass is 9.80. The van der Waals surface area contributed by atoms with E-state index in [-0.39, 0.29) is 0 Å². The normalized spacial score (nSPS) is 25.8. The van der Waals surface area contributed by atoms with Gasteiger partial charge in [0.25, 0.3) is 0 Å². The van der Waals surface area contributed by atoms with E-state index in [1.54, 1.807) is 0 Å². The molecule has 2 nitrogen and oxygen atoms in total. The molecule has 0 spiro atoms. The molecular formula is C13H26N2. The number of hydrogen-bond donors (Lipinski definition) is 1. The van der Waals surface area contributed by atoms with Crippen LogP contribution >= 0.6 is 0 Å². The summed E-state index contributed by atoms with van der Waals surface area (Å²) in [6.07, 6.45) is 9.78. The van der Waals surface area contributed by atoms with Gasteiger partial charge in [-0.3, -0.25) is 4.90 Å². The Kier molecular flexibility index (Phi) is 3.68. The van der Waals surface area contributed by atoms with Gasteiger partial charge in [0.15, 0.2) is 0 Å². The molecule has 0 aromatic carbocycles. The minimum absolute atomic E-state index is 0.371. The molecule has 0 atom stereocenters. The quantitative estimate of drug-likeness (QED) is 0.755. The van der Waals surface area contributed by atoms with Crippen LogP contribution in [0.25, 0.3) is 0 Å². The van der Waals surface area contributed by atoms with Crippen molar-refractivity contribution in [1.82, 2.24) is 4.90 Å². The van der Waals surface area contributed by atoms with Gasteiger partial charge in [0, 0.05) is 18.6 Å². The SMILES string of the molecule is CCN(CC1CC1)C1(CN)CCCCC1. The molecule has 0 unspecified atom stereocenters. The van der Waals surface area contributed by atoms with Crippen LogP contribution in [-0.2, 0) is 0 Å². The van der Waals surface area contributed by atoms with Crippen molar-refractivity contribution < 1.29 is 0 Å². The first-order valence-corrected chi connectivity index (χ1v) is 6.76. The Morgan fingerprint density at radius 3 is 2.33 bits per heavy atom. The maximum atomic E-state index is 6.07. The average Bonchev–Trinajstić information content (AvgIpc) is 3.10. The fraction of sp³-hybridized carbons (Fsp3) is 1.00. The maximum Gasteiger partial charge on any atom is 0.0331 e. The number of nitrogens with zero attached hydrogens (tertiary/aromatic N) is 1. The van der Waals surface area contributed by atoms with Gasteiger partial charge < -0.3 is 5.73 Å². The lowest BCUT2D eigenvalue weighted by Crippen LogP contribution is -2.55. The summed E-state index contributed by atoms with van der Waals surface area (Å²) in [5.41, 5.74) is 6.44. The third-order valence-corrected chi connectivity index (χ3v) is 4.39. The zero-order valence-electron chi connectivity index (χ0n) is 10.2. The first-order valence-electron chi connectivity index (χ1n) is 6.76. The number of nitrogens with two attached hydrogens (primary N) is 1. The van der Waals surface area contributed by atoms with Crippen molar-refractivity contribution in [2.24, 2.45) is 11.7 Å². The van der Waals surface area contributed by atoms with Crippen LogP contribution in [0.2, 0.25) is 0 Å². The average molecular weight is 210 g/mol. The van der Waals surface area contributed by atoms with Crippen LogP contribution < -0.4 is 5.73 Å². The molecule has 2 aliphatic carbocycles. The molecule has 2 aliphatic rings. The summed E-state index contributed by atoms with van der Waals surface area (Å²) in [5, 5.41) is 0. The van der Waals surface area contributed by atoms with E-state index in [1.165, 1.54) is 58.0 Å². The van der Waals surface area contributed by atoms with Gasteiger partial charge in [-0.05, 0) is 38.1 Å². The molecule has 15 heavy (non-hydrogen) atoms. The number of hydrogen-bond acceptors (Lipinski definition) is 2. The van der Waals surface area contributed by atoms with Crippen molar-refractivity contribution in [3.05, 3.63) is 0 Å². The molecule has 2 heteroatoms. The van der Waals surface area contributed by atoms with Gasteiger partial charge in [-0.15, -0.1) is 0 Å². The molecule has 0 bridgehead atoms. The van der Waals surface area contributed by atoms with Crippen LogP contribution in [-0.4, -0.2) is 30.1 Å². The molecular weight excluding hydrogens is 184 g/mol. The molecule has 0 saturated heterocycles. The van der Waals surface area contributed by atoms with Gasteiger partial charge in [-0.25, -0.2) is 0 Å². The summed E-state index contributed by atoms with van der Waals surface area (Å²) >= 11 is 0. The molecule has 0 radical (unpaired) electrons. The number of likely N-dealkylation sites (N-methyl/N-ethyl adjacent to an activating group) is 1. The van der Waals surface area contributed by atoms with Gasteiger partial charge in [0.2, 0.25) is 0 Å². The van der Waals surface area contributed by atoms with E-state index >= 15 is 0 Å². The van der Waals surface area contributed by atoms with Gasteiger partial charge in [0.05, 0.1) is 0 Å². The third-order valence-electron chi connectivity index (χ3n) is 4.39. The van der Waals surface area contributed by atoms with Crippen LogP contribution in [0.5, 0.6) is 0 Å². The van der Waals surface area contributed by atoms with E-state index in [0.29, 0.717) is 5.54 Å². The zero-order valence-corrected chi connectivity index (χ0v) is 10.2. The molecule has 2 N–H and O–H groups in total. The Labute approximate surface area is 94.2 Å². The highest BCUT2D eigenvalue weighted by atomic mass is 15.2. The maximum absolute atomic E-state index is 6.07. The van der Waals surface area contributed by atoms with Crippen molar-refractivity contribution in [2.75, 3.05) is 19.6 Å². The summed E-state index contributed by atoms with van der Waals surface area (Å²) in [6.45, 7) is 5.67. The van der Waals surface area contributed by atoms with Crippen LogP contribution in [0.15, 0.2) is 0 Å². The fourth-order valence-corrected chi connectivity index (χ4v) is 3.13. The van der Waals surface area contributed by atoms with Gasteiger partial charge >= 0.3 is 0 Å². The van der Waals surface area contributed by atoms with E-state index in [2.05, 4.69) is 11.8 Å². The largest absolute Gasteiger partial charge is 0.329 e. The molecule has 2 saturated carbocycles. The van der Waals surface area contributed by atoms with E-state index < -0.39 is 0 Å². The second-order valence-corrected chi connectivity index (χ2v) is 5.47. The highest BCUT2D eigenvalue weighted by Crippen LogP contribution is 2.37. The van der Waals surface area contributed by atoms with Crippen LogP contribution in [0, 0.1) is 5.92 Å². The van der Waals surface area contributed by atoms with Crippen molar-refractivity contribution in [2.45, 2.75) is 57.4 Å². The molecule has 2 rings (SSSR count). The Morgan fingerprint density at radius 2 is 1.87 bits per heavy atom. The molecule has 88 valence electrons. The van der Waals surface area contributed by atoms with E-state index in [9.17, 15) is 0 Å². The fourth-order valence-electron chi connectivity index (χ4n) is 3.13. The number of rotatable bonds is 5. The molecule has 0 aromatic rings. The lowest BCUT2D eigenvalue weighted by Gasteiger charge is -2.46. The molecule has 0 aromatic heterocycles. The van der Waals surface area contributed by atoms with Gasteiger partial charge in [-0.1, -0.05) is 26.2 Å². The van der Waals surface area contributed by atoms with Crippen molar-refractivity contribution >= 4 is 0 Å². The molecule has 0 amide bonds. The van der Waals surface area contributed by atoms with Crippen LogP contribution in [0.1, 0.15) is 51.9 Å². The minimum atomic E-state index is 0.371. The Balaban J connectivity index is 1.99. The zero-order chi connectivity index (χ0) is 10.7. The predicted octanol–water partition coefficient (Wildman–Crippen LogP) is 2.38. The monoisotopic (exact) mass is 210 g/mol. The van der Waals surface area contributed by atoms with Crippen molar-refractivity contribution in [1.29, 1.82) is 0 Å². The molecule has 0 heterocycles. The van der Waals surface area contributed by atoms with Crippen LogP contribution in [0.3, 0.4) is 0 Å². The smallest absolute Gasteiger partial charge is 0.0331 e. The second-order valence-electron chi connectivity index (χ2n) is 5.47. The molecule has 0 aliphatic heterocycles. The summed E-state index contributed by atoms with van der Waals surface area (Å²) in [4.78, 5) is 2.70. The first-order chi connectivity index (χ1) is 7.30.